The summed E-state index contributed by atoms with van der Waals surface area (Å²) in [6.07, 6.45) is 9.25. The third kappa shape index (κ3) is 2.67. The van der Waals surface area contributed by atoms with E-state index < -0.39 is 0 Å². The van der Waals surface area contributed by atoms with Crippen molar-refractivity contribution in [1.82, 2.24) is 0 Å². The van der Waals surface area contributed by atoms with E-state index in [1.54, 1.807) is 0 Å². The van der Waals surface area contributed by atoms with Crippen molar-refractivity contribution in [2.24, 2.45) is 0 Å². The molecular formula is C20H26O2. The van der Waals surface area contributed by atoms with Crippen molar-refractivity contribution < 1.29 is 10.2 Å². The molecule has 3 rings (SSSR count). The summed E-state index contributed by atoms with van der Waals surface area (Å²) >= 11 is 0. The molecule has 0 aromatic heterocycles. The molecular weight excluding hydrogens is 272 g/mol. The largest absolute Gasteiger partial charge is 0.507 e. The normalized spacial score (nSPS) is 17.6. The average molecular weight is 298 g/mol. The van der Waals surface area contributed by atoms with Gasteiger partial charge in [-0.05, 0) is 31.6 Å². The van der Waals surface area contributed by atoms with Gasteiger partial charge in [0, 0.05) is 21.9 Å². The van der Waals surface area contributed by atoms with Gasteiger partial charge in [-0.2, -0.15) is 0 Å². The highest BCUT2D eigenvalue weighted by molar-refractivity contribution is 5.95. The molecule has 22 heavy (non-hydrogen) atoms. The van der Waals surface area contributed by atoms with Gasteiger partial charge < -0.3 is 10.2 Å². The highest BCUT2D eigenvalue weighted by atomic mass is 16.3. The standard InChI is InChI=1S/C20H26O2/c1-2-3-4-5-9-14-10-8-13-17-18(14)20(22)16-12-7-6-11-15(16)19(17)21/h6-7,11-12,14,21-22H,2-5,8-10,13H2,1H3. The van der Waals surface area contributed by atoms with Gasteiger partial charge in [0.2, 0.25) is 0 Å². The number of fused-ring (bicyclic) bond motifs is 2. The van der Waals surface area contributed by atoms with Gasteiger partial charge in [-0.1, -0.05) is 56.9 Å². The Morgan fingerprint density at radius 3 is 2.45 bits per heavy atom. The van der Waals surface area contributed by atoms with E-state index >= 15 is 0 Å². The molecule has 2 heteroatoms. The molecule has 0 spiro atoms. The Bertz CT molecular complexity index is 660. The van der Waals surface area contributed by atoms with Crippen LogP contribution in [0.4, 0.5) is 0 Å². The molecule has 0 bridgehead atoms. The molecule has 2 aromatic rings. The highest BCUT2D eigenvalue weighted by Gasteiger charge is 2.27. The minimum atomic E-state index is 0.390. The molecule has 2 aromatic carbocycles. The van der Waals surface area contributed by atoms with Crippen molar-refractivity contribution in [1.29, 1.82) is 0 Å². The van der Waals surface area contributed by atoms with E-state index in [1.165, 1.54) is 25.7 Å². The molecule has 118 valence electrons. The molecule has 0 saturated carbocycles. The van der Waals surface area contributed by atoms with E-state index in [-0.39, 0.29) is 0 Å². The number of rotatable bonds is 5. The second-order valence-electron chi connectivity index (χ2n) is 6.57. The minimum absolute atomic E-state index is 0.390. The summed E-state index contributed by atoms with van der Waals surface area (Å²) in [5.74, 6) is 1.20. The van der Waals surface area contributed by atoms with E-state index in [1.807, 2.05) is 24.3 Å². The molecule has 0 saturated heterocycles. The molecule has 1 unspecified atom stereocenters. The summed E-state index contributed by atoms with van der Waals surface area (Å²) < 4.78 is 0. The second kappa shape index (κ2) is 6.60. The summed E-state index contributed by atoms with van der Waals surface area (Å²) in [4.78, 5) is 0. The first-order valence-corrected chi connectivity index (χ1v) is 8.69. The Hall–Kier alpha value is -1.70. The minimum Gasteiger partial charge on any atom is -0.507 e. The maximum Gasteiger partial charge on any atom is 0.127 e. The van der Waals surface area contributed by atoms with Gasteiger partial charge in [0.15, 0.2) is 0 Å². The van der Waals surface area contributed by atoms with Crippen LogP contribution in [0.3, 0.4) is 0 Å². The lowest BCUT2D eigenvalue weighted by Gasteiger charge is -2.28. The van der Waals surface area contributed by atoms with E-state index in [9.17, 15) is 10.2 Å². The summed E-state index contributed by atoms with van der Waals surface area (Å²) in [5.41, 5.74) is 2.02. The molecule has 0 radical (unpaired) electrons. The molecule has 2 N–H and O–H groups in total. The number of phenols is 2. The fraction of sp³-hybridized carbons (Fsp3) is 0.500. The Morgan fingerprint density at radius 1 is 1.00 bits per heavy atom. The highest BCUT2D eigenvalue weighted by Crippen LogP contribution is 2.48. The zero-order chi connectivity index (χ0) is 15.5. The van der Waals surface area contributed by atoms with Gasteiger partial charge in [-0.3, -0.25) is 0 Å². The third-order valence-electron chi connectivity index (χ3n) is 5.10. The Morgan fingerprint density at radius 2 is 1.73 bits per heavy atom. The first-order chi connectivity index (χ1) is 10.7. The molecule has 1 aliphatic carbocycles. The monoisotopic (exact) mass is 298 g/mol. The van der Waals surface area contributed by atoms with Crippen molar-refractivity contribution in [2.75, 3.05) is 0 Å². The van der Waals surface area contributed by atoms with Gasteiger partial charge in [0.1, 0.15) is 11.5 Å². The average Bonchev–Trinajstić information content (AvgIpc) is 2.56. The number of phenolic OH excluding ortho intramolecular Hbond substituents is 2. The molecule has 0 heterocycles. The van der Waals surface area contributed by atoms with Crippen LogP contribution in [0.1, 0.15) is 68.9 Å². The zero-order valence-electron chi connectivity index (χ0n) is 13.4. The summed E-state index contributed by atoms with van der Waals surface area (Å²) in [6.45, 7) is 2.23. The van der Waals surface area contributed by atoms with Crippen LogP contribution in [-0.2, 0) is 6.42 Å². The Labute approximate surface area is 132 Å². The maximum atomic E-state index is 10.8. The van der Waals surface area contributed by atoms with Crippen molar-refractivity contribution in [3.8, 4) is 11.5 Å². The summed E-state index contributed by atoms with van der Waals surface area (Å²) in [7, 11) is 0. The topological polar surface area (TPSA) is 40.5 Å². The molecule has 0 aliphatic heterocycles. The van der Waals surface area contributed by atoms with Crippen molar-refractivity contribution in [3.05, 3.63) is 35.4 Å². The number of aromatic hydroxyl groups is 2. The van der Waals surface area contributed by atoms with E-state index in [0.29, 0.717) is 17.4 Å². The van der Waals surface area contributed by atoms with Gasteiger partial charge >= 0.3 is 0 Å². The SMILES string of the molecule is CCCCCCC1CCCc2c1c(O)c1ccccc1c2O. The van der Waals surface area contributed by atoms with Crippen LogP contribution in [0.15, 0.2) is 24.3 Å². The van der Waals surface area contributed by atoms with E-state index in [2.05, 4.69) is 6.92 Å². The number of benzene rings is 2. The zero-order valence-corrected chi connectivity index (χ0v) is 13.4. The molecule has 0 amide bonds. The van der Waals surface area contributed by atoms with Crippen LogP contribution in [0.2, 0.25) is 0 Å². The molecule has 1 aliphatic rings. The first-order valence-electron chi connectivity index (χ1n) is 8.69. The lowest BCUT2D eigenvalue weighted by Crippen LogP contribution is -2.11. The summed E-state index contributed by atoms with van der Waals surface area (Å²) in [6, 6.07) is 7.65. The molecule has 0 fully saturated rings. The predicted octanol–water partition coefficient (Wildman–Crippen LogP) is 5.64. The maximum absolute atomic E-state index is 10.8. The predicted molar refractivity (Wildman–Crippen MR) is 91.7 cm³/mol. The second-order valence-corrected chi connectivity index (χ2v) is 6.57. The van der Waals surface area contributed by atoms with Crippen LogP contribution in [0.5, 0.6) is 11.5 Å². The van der Waals surface area contributed by atoms with Crippen molar-refractivity contribution >= 4 is 10.8 Å². The van der Waals surface area contributed by atoms with Crippen LogP contribution < -0.4 is 0 Å². The van der Waals surface area contributed by atoms with E-state index in [0.717, 1.165) is 47.6 Å². The Kier molecular flexibility index (Phi) is 4.56. The van der Waals surface area contributed by atoms with Crippen molar-refractivity contribution in [2.45, 2.75) is 64.2 Å². The van der Waals surface area contributed by atoms with Gasteiger partial charge in [0.25, 0.3) is 0 Å². The van der Waals surface area contributed by atoms with Gasteiger partial charge in [0.05, 0.1) is 0 Å². The fourth-order valence-electron chi connectivity index (χ4n) is 3.94. The van der Waals surface area contributed by atoms with Crippen molar-refractivity contribution in [3.63, 3.8) is 0 Å². The van der Waals surface area contributed by atoms with Crippen LogP contribution in [0, 0.1) is 0 Å². The first kappa shape index (κ1) is 15.2. The fourth-order valence-corrected chi connectivity index (χ4v) is 3.94. The number of hydrogen-bond acceptors (Lipinski definition) is 2. The number of unbranched alkanes of at least 4 members (excludes halogenated alkanes) is 3. The van der Waals surface area contributed by atoms with Crippen LogP contribution >= 0.6 is 0 Å². The smallest absolute Gasteiger partial charge is 0.127 e. The van der Waals surface area contributed by atoms with Crippen LogP contribution in [-0.4, -0.2) is 10.2 Å². The Balaban J connectivity index is 1.98. The van der Waals surface area contributed by atoms with Gasteiger partial charge in [-0.25, -0.2) is 0 Å². The van der Waals surface area contributed by atoms with E-state index in [4.69, 9.17) is 0 Å². The third-order valence-corrected chi connectivity index (χ3v) is 5.10. The van der Waals surface area contributed by atoms with Crippen LogP contribution in [0.25, 0.3) is 10.8 Å². The lowest BCUT2D eigenvalue weighted by atomic mass is 9.78. The molecule has 1 atom stereocenters. The van der Waals surface area contributed by atoms with Gasteiger partial charge in [-0.15, -0.1) is 0 Å². The summed E-state index contributed by atoms with van der Waals surface area (Å²) in [5, 5.41) is 23.0. The number of hydrogen-bond donors (Lipinski definition) is 2. The molecule has 2 nitrogen and oxygen atoms in total. The lowest BCUT2D eigenvalue weighted by molar-refractivity contribution is 0.419. The quantitative estimate of drug-likeness (QED) is 0.554.